The summed E-state index contributed by atoms with van der Waals surface area (Å²) in [5.74, 6) is -0.0247. The third-order valence-electron chi connectivity index (χ3n) is 5.17. The van der Waals surface area contributed by atoms with Crippen molar-refractivity contribution in [2.45, 2.75) is 76.6 Å². The van der Waals surface area contributed by atoms with E-state index in [1.165, 1.54) is 6.26 Å². The van der Waals surface area contributed by atoms with Crippen molar-refractivity contribution in [1.29, 1.82) is 0 Å². The lowest BCUT2D eigenvalue weighted by Crippen LogP contribution is -2.55. The molecule has 0 radical (unpaired) electrons. The maximum atomic E-state index is 12.6. The van der Waals surface area contributed by atoms with E-state index < -0.39 is 14.6 Å². The van der Waals surface area contributed by atoms with Gasteiger partial charge < -0.3 is 5.32 Å². The van der Waals surface area contributed by atoms with E-state index in [4.69, 9.17) is 0 Å². The molecule has 0 bridgehead atoms. The van der Waals surface area contributed by atoms with Crippen LogP contribution in [0.25, 0.3) is 0 Å². The summed E-state index contributed by atoms with van der Waals surface area (Å²) in [4.78, 5) is 14.8. The Hall–Kier alpha value is -0.620. The molecule has 1 atom stereocenters. The summed E-state index contributed by atoms with van der Waals surface area (Å²) in [6.45, 7) is 9.10. The molecule has 0 saturated carbocycles. The summed E-state index contributed by atoms with van der Waals surface area (Å²) in [6, 6.07) is 0.202. The molecule has 1 saturated heterocycles. The predicted octanol–water partition coefficient (Wildman–Crippen LogP) is 1.97. The van der Waals surface area contributed by atoms with Crippen LogP contribution in [0.4, 0.5) is 0 Å². The van der Waals surface area contributed by atoms with Gasteiger partial charge in [-0.3, -0.25) is 9.69 Å². The molecule has 22 heavy (non-hydrogen) atoms. The van der Waals surface area contributed by atoms with Crippen molar-refractivity contribution < 1.29 is 13.2 Å². The van der Waals surface area contributed by atoms with Crippen LogP contribution in [-0.4, -0.2) is 55.4 Å². The second-order valence-electron chi connectivity index (χ2n) is 6.72. The standard InChI is InChI=1S/C16H32N2O3S/c1-6-16(7-2,22(5,20)21)12-17-15(19)14-10-8-9-11-18(14)13(3)4/h13-14H,6-12H2,1-5H3,(H,17,19)/t14-/m0/s1. The largest absolute Gasteiger partial charge is 0.353 e. The first-order valence-electron chi connectivity index (χ1n) is 8.41. The molecular weight excluding hydrogens is 300 g/mol. The number of piperidine rings is 1. The molecule has 0 aromatic heterocycles. The molecule has 0 spiro atoms. The highest BCUT2D eigenvalue weighted by molar-refractivity contribution is 7.92. The monoisotopic (exact) mass is 332 g/mol. The van der Waals surface area contributed by atoms with Crippen molar-refractivity contribution in [3.63, 3.8) is 0 Å². The zero-order chi connectivity index (χ0) is 17.0. The Labute approximate surface area is 135 Å². The number of sulfone groups is 1. The van der Waals surface area contributed by atoms with Gasteiger partial charge in [0.2, 0.25) is 5.91 Å². The number of amides is 1. The summed E-state index contributed by atoms with van der Waals surface area (Å²) in [6.07, 6.45) is 5.34. The molecule has 1 rings (SSSR count). The number of hydrogen-bond acceptors (Lipinski definition) is 4. The number of hydrogen-bond donors (Lipinski definition) is 1. The molecular formula is C16H32N2O3S. The first-order valence-corrected chi connectivity index (χ1v) is 10.3. The van der Waals surface area contributed by atoms with Crippen molar-refractivity contribution in [1.82, 2.24) is 10.2 Å². The fourth-order valence-electron chi connectivity index (χ4n) is 3.37. The van der Waals surface area contributed by atoms with E-state index in [1.54, 1.807) is 0 Å². The van der Waals surface area contributed by atoms with Gasteiger partial charge in [0.15, 0.2) is 9.84 Å². The summed E-state index contributed by atoms with van der Waals surface area (Å²) < 4.78 is 23.4. The van der Waals surface area contributed by atoms with E-state index in [0.29, 0.717) is 18.9 Å². The lowest BCUT2D eigenvalue weighted by molar-refractivity contribution is -0.128. The molecule has 1 N–H and O–H groups in total. The molecule has 1 aliphatic heterocycles. The molecule has 130 valence electrons. The average Bonchev–Trinajstić information content (AvgIpc) is 2.47. The Kier molecular flexibility index (Phi) is 6.86. The van der Waals surface area contributed by atoms with Gasteiger partial charge in [-0.05, 0) is 46.1 Å². The van der Waals surface area contributed by atoms with Gasteiger partial charge in [0.25, 0.3) is 0 Å². The normalized spacial score (nSPS) is 21.1. The van der Waals surface area contributed by atoms with Crippen LogP contribution in [0, 0.1) is 0 Å². The summed E-state index contributed by atoms with van der Waals surface area (Å²) >= 11 is 0. The first kappa shape index (κ1) is 19.4. The van der Waals surface area contributed by atoms with Crippen molar-refractivity contribution in [2.75, 3.05) is 19.3 Å². The van der Waals surface area contributed by atoms with E-state index in [2.05, 4.69) is 24.1 Å². The van der Waals surface area contributed by atoms with E-state index in [1.807, 2.05) is 13.8 Å². The third kappa shape index (κ3) is 4.22. The summed E-state index contributed by atoms with van der Waals surface area (Å²) in [5.41, 5.74) is 0. The Morgan fingerprint density at radius 2 is 1.86 bits per heavy atom. The van der Waals surface area contributed by atoms with Crippen molar-refractivity contribution in [2.24, 2.45) is 0 Å². The Morgan fingerprint density at radius 3 is 2.32 bits per heavy atom. The molecule has 0 aromatic carbocycles. The number of nitrogens with zero attached hydrogens (tertiary/aromatic N) is 1. The van der Waals surface area contributed by atoms with Crippen LogP contribution < -0.4 is 5.32 Å². The van der Waals surface area contributed by atoms with Gasteiger partial charge in [-0.15, -0.1) is 0 Å². The molecule has 0 aliphatic carbocycles. The number of likely N-dealkylation sites (tertiary alicyclic amines) is 1. The zero-order valence-corrected chi connectivity index (χ0v) is 15.5. The van der Waals surface area contributed by atoms with Crippen molar-refractivity contribution in [3.05, 3.63) is 0 Å². The topological polar surface area (TPSA) is 66.5 Å². The molecule has 1 amide bonds. The highest BCUT2D eigenvalue weighted by atomic mass is 32.2. The van der Waals surface area contributed by atoms with Crippen LogP contribution in [0.15, 0.2) is 0 Å². The molecule has 0 aromatic rings. The van der Waals surface area contributed by atoms with E-state index in [0.717, 1.165) is 25.8 Å². The average molecular weight is 333 g/mol. The van der Waals surface area contributed by atoms with Gasteiger partial charge in [-0.2, -0.15) is 0 Å². The van der Waals surface area contributed by atoms with Gasteiger partial charge in [-0.25, -0.2) is 8.42 Å². The first-order chi connectivity index (χ1) is 10.2. The Morgan fingerprint density at radius 1 is 1.27 bits per heavy atom. The van der Waals surface area contributed by atoms with Crippen LogP contribution in [-0.2, 0) is 14.6 Å². The van der Waals surface area contributed by atoms with Gasteiger partial charge in [0.1, 0.15) is 0 Å². The summed E-state index contributed by atoms with van der Waals surface area (Å²) in [7, 11) is -3.21. The van der Waals surface area contributed by atoms with E-state index in [9.17, 15) is 13.2 Å². The molecule has 6 heteroatoms. The van der Waals surface area contributed by atoms with Gasteiger partial charge in [0, 0.05) is 18.8 Å². The highest BCUT2D eigenvalue weighted by Crippen LogP contribution is 2.25. The second-order valence-corrected chi connectivity index (χ2v) is 9.13. The van der Waals surface area contributed by atoms with Gasteiger partial charge in [0.05, 0.1) is 10.8 Å². The predicted molar refractivity (Wildman–Crippen MR) is 90.6 cm³/mol. The number of rotatable bonds is 7. The SMILES string of the molecule is CCC(CC)(CNC(=O)[C@@H]1CCCCN1C(C)C)S(C)(=O)=O. The van der Waals surface area contributed by atoms with E-state index in [-0.39, 0.29) is 18.5 Å². The van der Waals surface area contributed by atoms with Crippen LogP contribution >= 0.6 is 0 Å². The molecule has 0 unspecified atom stereocenters. The Bertz CT molecular complexity index is 470. The minimum atomic E-state index is -3.21. The number of nitrogens with one attached hydrogen (secondary N) is 1. The zero-order valence-electron chi connectivity index (χ0n) is 14.7. The quantitative estimate of drug-likeness (QED) is 0.774. The molecule has 1 heterocycles. The van der Waals surface area contributed by atoms with Crippen molar-refractivity contribution in [3.8, 4) is 0 Å². The minimum Gasteiger partial charge on any atom is -0.353 e. The van der Waals surface area contributed by atoms with Gasteiger partial charge in [-0.1, -0.05) is 20.3 Å². The second kappa shape index (κ2) is 7.77. The summed E-state index contributed by atoms with van der Waals surface area (Å²) in [5, 5.41) is 2.93. The third-order valence-corrected chi connectivity index (χ3v) is 7.46. The van der Waals surface area contributed by atoms with Crippen LogP contribution in [0.2, 0.25) is 0 Å². The van der Waals surface area contributed by atoms with Gasteiger partial charge >= 0.3 is 0 Å². The smallest absolute Gasteiger partial charge is 0.237 e. The molecule has 1 aliphatic rings. The Balaban J connectivity index is 2.79. The lowest BCUT2D eigenvalue weighted by Gasteiger charge is -2.38. The minimum absolute atomic E-state index is 0.0247. The fraction of sp³-hybridized carbons (Fsp3) is 0.938. The van der Waals surface area contributed by atoms with Crippen LogP contribution in [0.3, 0.4) is 0 Å². The number of carbonyl (C=O) groups is 1. The maximum absolute atomic E-state index is 12.6. The highest BCUT2D eigenvalue weighted by Gasteiger charge is 2.39. The maximum Gasteiger partial charge on any atom is 0.237 e. The molecule has 1 fully saturated rings. The lowest BCUT2D eigenvalue weighted by atomic mass is 9.98. The fourth-order valence-corrected chi connectivity index (χ4v) is 4.76. The number of carbonyl (C=O) groups excluding carboxylic acids is 1. The van der Waals surface area contributed by atoms with Crippen molar-refractivity contribution >= 4 is 15.7 Å². The van der Waals surface area contributed by atoms with Crippen LogP contribution in [0.1, 0.15) is 59.8 Å². The molecule has 5 nitrogen and oxygen atoms in total. The van der Waals surface area contributed by atoms with E-state index >= 15 is 0 Å². The van der Waals surface area contributed by atoms with Crippen LogP contribution in [0.5, 0.6) is 0 Å².